The van der Waals surface area contributed by atoms with Gasteiger partial charge in [0, 0.05) is 28.9 Å². The monoisotopic (exact) mass is 362 g/mol. The summed E-state index contributed by atoms with van der Waals surface area (Å²) >= 11 is 0. The summed E-state index contributed by atoms with van der Waals surface area (Å²) in [4.78, 5) is 22.9. The average Bonchev–Trinajstić information content (AvgIpc) is 3.25. The second kappa shape index (κ2) is 6.39. The van der Waals surface area contributed by atoms with E-state index in [2.05, 4.69) is 15.0 Å². The topological polar surface area (TPSA) is 87.6 Å². The van der Waals surface area contributed by atoms with Crippen LogP contribution in [0.15, 0.2) is 42.7 Å². The summed E-state index contributed by atoms with van der Waals surface area (Å²) in [5.74, 6) is -0.974. The molecule has 0 unspecified atom stereocenters. The molecule has 1 amide bonds. The SMILES string of the molecule is CCc1c(-c2ccnc3[nH]ccc23)[nH]c(-c2ccc(C)cc2F)c1C(N)=O. The van der Waals surface area contributed by atoms with Gasteiger partial charge < -0.3 is 15.7 Å². The summed E-state index contributed by atoms with van der Waals surface area (Å²) in [5.41, 5.74) is 10.7. The smallest absolute Gasteiger partial charge is 0.251 e. The molecule has 4 N–H and O–H groups in total. The molecule has 0 atom stereocenters. The number of carbonyl (C=O) groups is 1. The Morgan fingerprint density at radius 2 is 2.00 bits per heavy atom. The Hall–Kier alpha value is -3.41. The molecule has 0 radical (unpaired) electrons. The van der Waals surface area contributed by atoms with Crippen LogP contribution in [-0.2, 0) is 6.42 Å². The molecule has 4 rings (SSSR count). The molecule has 0 aliphatic rings. The summed E-state index contributed by atoms with van der Waals surface area (Å²) < 4.78 is 14.6. The first kappa shape index (κ1) is 17.0. The maximum absolute atomic E-state index is 14.6. The molecule has 5 nitrogen and oxygen atoms in total. The van der Waals surface area contributed by atoms with Crippen molar-refractivity contribution in [1.29, 1.82) is 0 Å². The molecule has 136 valence electrons. The van der Waals surface area contributed by atoms with Crippen LogP contribution in [0.1, 0.15) is 28.4 Å². The van der Waals surface area contributed by atoms with Crippen LogP contribution >= 0.6 is 0 Å². The van der Waals surface area contributed by atoms with Crippen molar-refractivity contribution in [2.45, 2.75) is 20.3 Å². The number of amides is 1. The third kappa shape index (κ3) is 2.70. The Morgan fingerprint density at radius 3 is 2.70 bits per heavy atom. The normalized spacial score (nSPS) is 11.2. The minimum absolute atomic E-state index is 0.328. The average molecular weight is 362 g/mol. The zero-order valence-electron chi connectivity index (χ0n) is 15.1. The van der Waals surface area contributed by atoms with Crippen LogP contribution in [0.2, 0.25) is 0 Å². The number of fused-ring (bicyclic) bond motifs is 1. The van der Waals surface area contributed by atoms with Gasteiger partial charge in [-0.25, -0.2) is 9.37 Å². The van der Waals surface area contributed by atoms with E-state index in [4.69, 9.17) is 5.73 Å². The van der Waals surface area contributed by atoms with Crippen LogP contribution in [0.3, 0.4) is 0 Å². The molecule has 0 aliphatic heterocycles. The number of primary amides is 1. The van der Waals surface area contributed by atoms with E-state index in [1.54, 1.807) is 12.3 Å². The number of pyridine rings is 1. The number of nitrogens with one attached hydrogen (secondary N) is 2. The van der Waals surface area contributed by atoms with E-state index < -0.39 is 11.7 Å². The minimum atomic E-state index is -0.580. The van der Waals surface area contributed by atoms with E-state index in [-0.39, 0.29) is 0 Å². The second-order valence-electron chi connectivity index (χ2n) is 6.53. The molecule has 27 heavy (non-hydrogen) atoms. The van der Waals surface area contributed by atoms with Gasteiger partial charge in [0.05, 0.1) is 17.0 Å². The van der Waals surface area contributed by atoms with Crippen LogP contribution < -0.4 is 5.73 Å². The molecule has 0 saturated heterocycles. The number of aromatic nitrogens is 3. The predicted octanol–water partition coefficient (Wildman–Crippen LogP) is 4.33. The maximum Gasteiger partial charge on any atom is 0.251 e. The van der Waals surface area contributed by atoms with Crippen molar-refractivity contribution in [1.82, 2.24) is 15.0 Å². The fraction of sp³-hybridized carbons (Fsp3) is 0.143. The van der Waals surface area contributed by atoms with Gasteiger partial charge in [-0.05, 0) is 48.7 Å². The summed E-state index contributed by atoms with van der Waals surface area (Å²) in [6.07, 6.45) is 4.08. The Morgan fingerprint density at radius 1 is 1.19 bits per heavy atom. The Labute approximate surface area is 155 Å². The van der Waals surface area contributed by atoms with Crippen molar-refractivity contribution in [2.24, 2.45) is 5.73 Å². The predicted molar refractivity (Wildman–Crippen MR) is 104 cm³/mol. The fourth-order valence-electron chi connectivity index (χ4n) is 3.60. The van der Waals surface area contributed by atoms with Crippen LogP contribution in [0, 0.1) is 12.7 Å². The number of benzene rings is 1. The molecular weight excluding hydrogens is 343 g/mol. The lowest BCUT2D eigenvalue weighted by molar-refractivity contribution is 0.100. The minimum Gasteiger partial charge on any atom is -0.366 e. The highest BCUT2D eigenvalue weighted by Crippen LogP contribution is 2.37. The zero-order valence-corrected chi connectivity index (χ0v) is 15.1. The summed E-state index contributed by atoms with van der Waals surface area (Å²) in [7, 11) is 0. The van der Waals surface area contributed by atoms with Crippen molar-refractivity contribution < 1.29 is 9.18 Å². The van der Waals surface area contributed by atoms with Crippen LogP contribution in [0.4, 0.5) is 4.39 Å². The fourth-order valence-corrected chi connectivity index (χ4v) is 3.60. The van der Waals surface area contributed by atoms with Gasteiger partial charge >= 0.3 is 0 Å². The van der Waals surface area contributed by atoms with Gasteiger partial charge in [-0.15, -0.1) is 0 Å². The number of nitrogens with two attached hydrogens (primary N) is 1. The molecule has 0 spiro atoms. The third-order valence-electron chi connectivity index (χ3n) is 4.83. The highest BCUT2D eigenvalue weighted by atomic mass is 19.1. The number of aromatic amines is 2. The number of H-pyrrole nitrogens is 2. The molecule has 6 heteroatoms. The van der Waals surface area contributed by atoms with E-state index in [1.807, 2.05) is 38.2 Å². The Balaban J connectivity index is 2.04. The van der Waals surface area contributed by atoms with E-state index in [1.165, 1.54) is 6.07 Å². The number of carbonyl (C=O) groups excluding carboxylic acids is 1. The Bertz CT molecular complexity index is 1170. The van der Waals surface area contributed by atoms with E-state index in [0.717, 1.165) is 33.4 Å². The third-order valence-corrected chi connectivity index (χ3v) is 4.83. The first-order chi connectivity index (χ1) is 13.0. The molecule has 0 fully saturated rings. The highest BCUT2D eigenvalue weighted by Gasteiger charge is 2.24. The molecular formula is C21H19FN4O. The highest BCUT2D eigenvalue weighted by molar-refractivity contribution is 6.04. The van der Waals surface area contributed by atoms with Gasteiger partial charge in [-0.2, -0.15) is 0 Å². The van der Waals surface area contributed by atoms with Crippen molar-refractivity contribution in [3.8, 4) is 22.5 Å². The number of halogens is 1. The summed E-state index contributed by atoms with van der Waals surface area (Å²) in [6, 6.07) is 8.73. The maximum atomic E-state index is 14.6. The first-order valence-corrected chi connectivity index (χ1v) is 8.74. The number of aryl methyl sites for hydroxylation is 1. The van der Waals surface area contributed by atoms with Gasteiger partial charge in [0.25, 0.3) is 5.91 Å². The van der Waals surface area contributed by atoms with Gasteiger partial charge in [0.2, 0.25) is 0 Å². The van der Waals surface area contributed by atoms with Gasteiger partial charge in [0.15, 0.2) is 0 Å². The molecule has 0 aliphatic carbocycles. The second-order valence-corrected chi connectivity index (χ2v) is 6.53. The number of rotatable bonds is 4. The number of hydrogen-bond donors (Lipinski definition) is 3. The van der Waals surface area contributed by atoms with Gasteiger partial charge in [-0.1, -0.05) is 13.0 Å². The number of hydrogen-bond acceptors (Lipinski definition) is 2. The van der Waals surface area contributed by atoms with Crippen molar-refractivity contribution in [2.75, 3.05) is 0 Å². The number of nitrogens with zero attached hydrogens (tertiary/aromatic N) is 1. The zero-order chi connectivity index (χ0) is 19.1. The molecule has 1 aromatic carbocycles. The van der Waals surface area contributed by atoms with Crippen LogP contribution in [-0.4, -0.2) is 20.9 Å². The van der Waals surface area contributed by atoms with E-state index >= 15 is 0 Å². The van der Waals surface area contributed by atoms with Crippen molar-refractivity contribution >= 4 is 16.9 Å². The molecule has 4 aromatic rings. The van der Waals surface area contributed by atoms with E-state index in [9.17, 15) is 9.18 Å². The van der Waals surface area contributed by atoms with Gasteiger partial charge in [0.1, 0.15) is 11.5 Å². The van der Waals surface area contributed by atoms with Crippen molar-refractivity contribution in [3.05, 3.63) is 65.2 Å². The lowest BCUT2D eigenvalue weighted by atomic mass is 9.98. The summed E-state index contributed by atoms with van der Waals surface area (Å²) in [5, 5.41) is 0.917. The van der Waals surface area contributed by atoms with E-state index in [0.29, 0.717) is 23.2 Å². The van der Waals surface area contributed by atoms with Gasteiger partial charge in [-0.3, -0.25) is 4.79 Å². The summed E-state index contributed by atoms with van der Waals surface area (Å²) in [6.45, 7) is 3.77. The molecule has 3 heterocycles. The van der Waals surface area contributed by atoms with Crippen LogP contribution in [0.25, 0.3) is 33.5 Å². The largest absolute Gasteiger partial charge is 0.366 e. The first-order valence-electron chi connectivity index (χ1n) is 8.74. The lowest BCUT2D eigenvalue weighted by Crippen LogP contribution is -2.13. The molecule has 3 aromatic heterocycles. The Kier molecular flexibility index (Phi) is 4.03. The van der Waals surface area contributed by atoms with Crippen molar-refractivity contribution in [3.63, 3.8) is 0 Å². The lowest BCUT2D eigenvalue weighted by Gasteiger charge is -2.05. The quantitative estimate of drug-likeness (QED) is 0.504. The standard InChI is InChI=1S/C21H19FN4O/c1-3-12-17(20(23)27)19(15-5-4-11(2)10-16(15)22)26-18(12)13-6-8-24-21-14(13)7-9-25-21/h4-10,26H,3H2,1-2H3,(H2,23,27)(H,24,25). The molecule has 0 saturated carbocycles. The van der Waals surface area contributed by atoms with Crippen LogP contribution in [0.5, 0.6) is 0 Å². The molecule has 0 bridgehead atoms.